The second-order valence-corrected chi connectivity index (χ2v) is 7.19. The Balaban J connectivity index is 2.15. The summed E-state index contributed by atoms with van der Waals surface area (Å²) in [5.74, 6) is 0.383. The molecule has 1 saturated heterocycles. The molecule has 1 atom stereocenters. The molecule has 116 valence electrons. The summed E-state index contributed by atoms with van der Waals surface area (Å²) in [5, 5.41) is 2.49. The number of methoxy groups -OCH3 is 1. The van der Waals surface area contributed by atoms with E-state index < -0.39 is 16.1 Å². The maximum Gasteiger partial charge on any atom is 0.411 e. The predicted molar refractivity (Wildman–Crippen MR) is 79.6 cm³/mol. The van der Waals surface area contributed by atoms with Crippen molar-refractivity contribution in [1.82, 2.24) is 4.31 Å². The van der Waals surface area contributed by atoms with E-state index in [1.807, 2.05) is 0 Å². The first-order valence-corrected chi connectivity index (χ1v) is 8.32. The number of carbonyl (C=O) groups is 1. The van der Waals surface area contributed by atoms with Gasteiger partial charge in [-0.25, -0.2) is 13.2 Å². The van der Waals surface area contributed by atoms with Crippen LogP contribution in [0.2, 0.25) is 0 Å². The molecule has 0 aliphatic carbocycles. The molecule has 1 amide bonds. The number of anilines is 1. The molecule has 1 aromatic carbocycles. The topological polar surface area (TPSA) is 75.7 Å². The lowest BCUT2D eigenvalue weighted by molar-refractivity contribution is 0.187. The first kappa shape index (κ1) is 15.8. The van der Waals surface area contributed by atoms with Crippen molar-refractivity contribution in [3.63, 3.8) is 0 Å². The highest BCUT2D eigenvalue weighted by Gasteiger charge is 2.28. The van der Waals surface area contributed by atoms with Gasteiger partial charge in [-0.2, -0.15) is 4.31 Å². The van der Waals surface area contributed by atoms with Gasteiger partial charge in [0.1, 0.15) is 0 Å². The Kier molecular flexibility index (Phi) is 4.84. The zero-order valence-electron chi connectivity index (χ0n) is 12.2. The lowest BCUT2D eigenvalue weighted by Crippen LogP contribution is -2.39. The molecule has 1 N–H and O–H groups in total. The Bertz CT molecular complexity index is 598. The number of rotatable bonds is 3. The van der Waals surface area contributed by atoms with E-state index in [9.17, 15) is 13.2 Å². The Morgan fingerprint density at radius 3 is 2.57 bits per heavy atom. The summed E-state index contributed by atoms with van der Waals surface area (Å²) in [6.45, 7) is 3.18. The van der Waals surface area contributed by atoms with Crippen LogP contribution >= 0.6 is 0 Å². The van der Waals surface area contributed by atoms with E-state index in [2.05, 4.69) is 17.0 Å². The third-order valence-electron chi connectivity index (χ3n) is 3.54. The summed E-state index contributed by atoms with van der Waals surface area (Å²) >= 11 is 0. The molecule has 0 unspecified atom stereocenters. The van der Waals surface area contributed by atoms with Crippen molar-refractivity contribution in [2.45, 2.75) is 24.7 Å². The molecule has 21 heavy (non-hydrogen) atoms. The maximum absolute atomic E-state index is 12.5. The fourth-order valence-electron chi connectivity index (χ4n) is 2.39. The molecule has 1 aromatic rings. The third-order valence-corrected chi connectivity index (χ3v) is 5.42. The lowest BCUT2D eigenvalue weighted by Gasteiger charge is -2.30. The zero-order chi connectivity index (χ0) is 15.5. The average Bonchev–Trinajstić information content (AvgIpc) is 2.47. The van der Waals surface area contributed by atoms with Gasteiger partial charge in [0.05, 0.1) is 12.0 Å². The first-order valence-electron chi connectivity index (χ1n) is 6.88. The van der Waals surface area contributed by atoms with E-state index >= 15 is 0 Å². The molecule has 0 saturated carbocycles. The Hall–Kier alpha value is -1.60. The number of hydrogen-bond donors (Lipinski definition) is 1. The molecular weight excluding hydrogens is 292 g/mol. The van der Waals surface area contributed by atoms with Crippen LogP contribution in [-0.4, -0.2) is 39.0 Å². The summed E-state index contributed by atoms with van der Waals surface area (Å²) in [7, 11) is -2.19. The van der Waals surface area contributed by atoms with E-state index in [1.165, 1.54) is 23.5 Å². The van der Waals surface area contributed by atoms with Gasteiger partial charge in [0.15, 0.2) is 0 Å². The smallest absolute Gasteiger partial charge is 0.411 e. The molecular formula is C14H20N2O4S. The highest BCUT2D eigenvalue weighted by Crippen LogP contribution is 2.24. The van der Waals surface area contributed by atoms with Gasteiger partial charge in [-0.3, -0.25) is 5.32 Å². The third kappa shape index (κ3) is 3.74. The zero-order valence-corrected chi connectivity index (χ0v) is 13.0. The molecule has 1 aliphatic rings. The molecule has 1 heterocycles. The van der Waals surface area contributed by atoms with E-state index in [0.717, 1.165) is 12.8 Å². The number of piperidine rings is 1. The van der Waals surface area contributed by atoms with Crippen LogP contribution in [0, 0.1) is 5.92 Å². The van der Waals surface area contributed by atoms with Gasteiger partial charge in [0.2, 0.25) is 10.0 Å². The SMILES string of the molecule is COC(=O)Nc1ccc(S(=O)(=O)N2CCC[C@H](C)C2)cc1. The lowest BCUT2D eigenvalue weighted by atomic mass is 10.0. The van der Waals surface area contributed by atoms with Crippen LogP contribution < -0.4 is 5.32 Å². The largest absolute Gasteiger partial charge is 0.453 e. The fraction of sp³-hybridized carbons (Fsp3) is 0.500. The molecule has 1 fully saturated rings. The van der Waals surface area contributed by atoms with Crippen LogP contribution in [0.4, 0.5) is 10.5 Å². The average molecular weight is 312 g/mol. The Morgan fingerprint density at radius 1 is 1.33 bits per heavy atom. The molecule has 6 nitrogen and oxygen atoms in total. The summed E-state index contributed by atoms with van der Waals surface area (Å²) < 4.78 is 31.1. The predicted octanol–water partition coefficient (Wildman–Crippen LogP) is 2.29. The van der Waals surface area contributed by atoms with E-state index in [4.69, 9.17) is 0 Å². The van der Waals surface area contributed by atoms with Gasteiger partial charge < -0.3 is 4.74 Å². The molecule has 1 aliphatic heterocycles. The standard InChI is InChI=1S/C14H20N2O4S/c1-11-4-3-9-16(10-11)21(18,19)13-7-5-12(6-8-13)15-14(17)20-2/h5-8,11H,3-4,9-10H2,1-2H3,(H,15,17)/t11-/m0/s1. The van der Waals surface area contributed by atoms with Gasteiger partial charge in [-0.05, 0) is 43.0 Å². The number of carbonyl (C=O) groups excluding carboxylic acids is 1. The number of sulfonamides is 1. The van der Waals surface area contributed by atoms with Crippen LogP contribution in [0.25, 0.3) is 0 Å². The summed E-state index contributed by atoms with van der Waals surface area (Å²) in [4.78, 5) is 11.3. The van der Waals surface area contributed by atoms with Crippen molar-refractivity contribution in [3.8, 4) is 0 Å². The number of hydrogen-bond acceptors (Lipinski definition) is 4. The number of ether oxygens (including phenoxy) is 1. The Labute approximate surface area is 125 Å². The minimum Gasteiger partial charge on any atom is -0.453 e. The van der Waals surface area contributed by atoms with Gasteiger partial charge >= 0.3 is 6.09 Å². The van der Waals surface area contributed by atoms with E-state index in [-0.39, 0.29) is 4.90 Å². The summed E-state index contributed by atoms with van der Waals surface area (Å²) in [6, 6.07) is 6.11. The highest BCUT2D eigenvalue weighted by atomic mass is 32.2. The van der Waals surface area contributed by atoms with Crippen molar-refractivity contribution in [1.29, 1.82) is 0 Å². The number of nitrogens with one attached hydrogen (secondary N) is 1. The molecule has 7 heteroatoms. The second-order valence-electron chi connectivity index (χ2n) is 5.25. The maximum atomic E-state index is 12.5. The van der Waals surface area contributed by atoms with Crippen molar-refractivity contribution < 1.29 is 17.9 Å². The quantitative estimate of drug-likeness (QED) is 0.929. The number of amides is 1. The molecule has 0 spiro atoms. The normalized spacial score (nSPS) is 20.0. The second kappa shape index (κ2) is 6.44. The number of nitrogens with zero attached hydrogens (tertiary/aromatic N) is 1. The first-order chi connectivity index (χ1) is 9.93. The van der Waals surface area contributed by atoms with Crippen molar-refractivity contribution in [3.05, 3.63) is 24.3 Å². The highest BCUT2D eigenvalue weighted by molar-refractivity contribution is 7.89. The van der Waals surface area contributed by atoms with Crippen LogP contribution in [0.1, 0.15) is 19.8 Å². The minimum atomic E-state index is -3.46. The van der Waals surface area contributed by atoms with Gasteiger partial charge in [-0.15, -0.1) is 0 Å². The molecule has 2 rings (SSSR count). The summed E-state index contributed by atoms with van der Waals surface area (Å²) in [6.07, 6.45) is 1.37. The van der Waals surface area contributed by atoms with Gasteiger partial charge in [0.25, 0.3) is 0 Å². The molecule has 0 bridgehead atoms. The van der Waals surface area contributed by atoms with E-state index in [1.54, 1.807) is 12.1 Å². The van der Waals surface area contributed by atoms with Crippen molar-refractivity contribution in [2.75, 3.05) is 25.5 Å². The van der Waals surface area contributed by atoms with E-state index in [0.29, 0.717) is 24.7 Å². The molecule has 0 radical (unpaired) electrons. The van der Waals surface area contributed by atoms with Crippen molar-refractivity contribution in [2.24, 2.45) is 5.92 Å². The Morgan fingerprint density at radius 2 is 2.00 bits per heavy atom. The minimum absolute atomic E-state index is 0.243. The summed E-state index contributed by atoms with van der Waals surface area (Å²) in [5.41, 5.74) is 0.493. The van der Waals surface area contributed by atoms with Gasteiger partial charge in [-0.1, -0.05) is 6.92 Å². The van der Waals surface area contributed by atoms with Gasteiger partial charge in [0, 0.05) is 18.8 Å². The van der Waals surface area contributed by atoms with Crippen LogP contribution in [0.5, 0.6) is 0 Å². The van der Waals surface area contributed by atoms with Crippen molar-refractivity contribution >= 4 is 21.8 Å². The van der Waals surface area contributed by atoms with Crippen LogP contribution in [-0.2, 0) is 14.8 Å². The fourth-order valence-corrected chi connectivity index (χ4v) is 3.99. The van der Waals surface area contributed by atoms with Crippen LogP contribution in [0.3, 0.4) is 0 Å². The molecule has 0 aromatic heterocycles. The van der Waals surface area contributed by atoms with Crippen LogP contribution in [0.15, 0.2) is 29.2 Å². The number of benzene rings is 1. The monoisotopic (exact) mass is 312 g/mol.